The molecule has 1 saturated heterocycles. The van der Waals surface area contributed by atoms with Crippen LogP contribution in [0.2, 0.25) is 0 Å². The number of thiazole rings is 1. The van der Waals surface area contributed by atoms with Crippen LogP contribution in [0, 0.1) is 6.92 Å². The van der Waals surface area contributed by atoms with Crippen molar-refractivity contribution in [2.45, 2.75) is 66.5 Å². The van der Waals surface area contributed by atoms with E-state index >= 15 is 0 Å². The molecule has 0 radical (unpaired) electrons. The minimum Gasteiger partial charge on any atom is -0.488 e. The molecule has 0 bridgehead atoms. The summed E-state index contributed by atoms with van der Waals surface area (Å²) in [7, 11) is 0. The second-order valence-corrected chi connectivity index (χ2v) is 10.7. The fourth-order valence-electron chi connectivity index (χ4n) is 3.56. The molecule has 188 valence electrons. The molecule has 1 N–H and O–H groups in total. The van der Waals surface area contributed by atoms with Crippen LogP contribution in [0.3, 0.4) is 0 Å². The zero-order chi connectivity index (χ0) is 25.4. The van der Waals surface area contributed by atoms with Crippen LogP contribution in [0.1, 0.15) is 52.3 Å². The van der Waals surface area contributed by atoms with Gasteiger partial charge in [0.2, 0.25) is 0 Å². The van der Waals surface area contributed by atoms with Crippen molar-refractivity contribution in [3.8, 4) is 16.3 Å². The number of allylic oxidation sites excluding steroid dienone is 2. The molecule has 1 unspecified atom stereocenters. The lowest BCUT2D eigenvalue weighted by molar-refractivity contribution is 0.0261. The number of anilines is 1. The van der Waals surface area contributed by atoms with E-state index in [1.54, 1.807) is 29.4 Å². The number of nitrogens with zero attached hydrogens (tertiary/aromatic N) is 3. The van der Waals surface area contributed by atoms with Crippen LogP contribution < -0.4 is 10.1 Å². The van der Waals surface area contributed by atoms with Gasteiger partial charge < -0.3 is 14.8 Å². The maximum Gasteiger partial charge on any atom is 0.146 e. The molecule has 8 heteroatoms. The van der Waals surface area contributed by atoms with Crippen molar-refractivity contribution in [1.29, 1.82) is 0 Å². The van der Waals surface area contributed by atoms with Gasteiger partial charge in [-0.1, -0.05) is 38.3 Å². The standard InChI is InChI=1S/C25H30N4O2S2.C2H6/c1-6-15(2)32-18(5)17(4)29-24-21-11-19(25-26-13-16(3)33-25)12-22(23(21)27-14-28-24)31-20-7-9-30-10-8-20;1-2/h6,11-14,17,20H,5,7-10H2,1-4H3,(H,27,28,29);1-2H3/b15-6-;. The topological polar surface area (TPSA) is 69.2 Å². The van der Waals surface area contributed by atoms with E-state index in [1.165, 1.54) is 9.78 Å². The maximum absolute atomic E-state index is 6.46. The van der Waals surface area contributed by atoms with E-state index in [1.807, 2.05) is 27.0 Å². The van der Waals surface area contributed by atoms with Gasteiger partial charge in [0.05, 0.1) is 19.3 Å². The number of nitrogens with one attached hydrogen (secondary N) is 1. The lowest BCUT2D eigenvalue weighted by Gasteiger charge is -2.24. The average Bonchev–Trinajstić information content (AvgIpc) is 3.32. The Labute approximate surface area is 217 Å². The van der Waals surface area contributed by atoms with Gasteiger partial charge in [-0.25, -0.2) is 15.0 Å². The third-order valence-electron chi connectivity index (χ3n) is 5.57. The highest BCUT2D eigenvalue weighted by molar-refractivity contribution is 8.06. The van der Waals surface area contributed by atoms with Crippen LogP contribution in [-0.4, -0.2) is 40.3 Å². The Morgan fingerprint density at radius 2 is 2.00 bits per heavy atom. The minimum atomic E-state index is 0.0219. The quantitative estimate of drug-likeness (QED) is 0.333. The summed E-state index contributed by atoms with van der Waals surface area (Å²) in [5.41, 5.74) is 1.80. The normalized spacial score (nSPS) is 15.3. The number of benzene rings is 1. The van der Waals surface area contributed by atoms with Crippen LogP contribution in [0.25, 0.3) is 21.5 Å². The highest BCUT2D eigenvalue weighted by atomic mass is 32.2. The molecule has 1 atom stereocenters. The van der Waals surface area contributed by atoms with E-state index in [4.69, 9.17) is 9.47 Å². The molecule has 1 aromatic carbocycles. The van der Waals surface area contributed by atoms with E-state index in [0.717, 1.165) is 64.0 Å². The highest BCUT2D eigenvalue weighted by Gasteiger charge is 2.20. The highest BCUT2D eigenvalue weighted by Crippen LogP contribution is 2.37. The van der Waals surface area contributed by atoms with Crippen LogP contribution >= 0.6 is 23.1 Å². The lowest BCUT2D eigenvalue weighted by Crippen LogP contribution is -2.26. The molecule has 1 fully saturated rings. The molecule has 0 aliphatic carbocycles. The molecule has 3 heterocycles. The van der Waals surface area contributed by atoms with E-state index in [9.17, 15) is 0 Å². The third kappa shape index (κ3) is 7.06. The molecule has 1 aliphatic rings. The Morgan fingerprint density at radius 3 is 2.66 bits per heavy atom. The van der Waals surface area contributed by atoms with Gasteiger partial charge in [-0.05, 0) is 44.7 Å². The van der Waals surface area contributed by atoms with Crippen LogP contribution in [-0.2, 0) is 4.74 Å². The van der Waals surface area contributed by atoms with Crippen molar-refractivity contribution in [3.63, 3.8) is 0 Å². The first-order valence-electron chi connectivity index (χ1n) is 12.2. The van der Waals surface area contributed by atoms with Gasteiger partial charge in [-0.2, -0.15) is 0 Å². The third-order valence-corrected chi connectivity index (χ3v) is 7.70. The number of hydrogen-bond donors (Lipinski definition) is 1. The first kappa shape index (κ1) is 27.2. The van der Waals surface area contributed by atoms with Gasteiger partial charge in [0.25, 0.3) is 0 Å². The summed E-state index contributed by atoms with van der Waals surface area (Å²) in [5.74, 6) is 1.53. The molecular formula is C27H36N4O2S2. The van der Waals surface area contributed by atoms with E-state index in [2.05, 4.69) is 65.8 Å². The summed E-state index contributed by atoms with van der Waals surface area (Å²) < 4.78 is 12.0. The molecule has 0 spiro atoms. The van der Waals surface area contributed by atoms with Gasteiger partial charge in [0.1, 0.15) is 34.5 Å². The Morgan fingerprint density at radius 1 is 1.26 bits per heavy atom. The maximum atomic E-state index is 6.46. The second-order valence-electron chi connectivity index (χ2n) is 8.13. The van der Waals surface area contributed by atoms with E-state index in [0.29, 0.717) is 0 Å². The first-order chi connectivity index (χ1) is 16.9. The van der Waals surface area contributed by atoms with Gasteiger partial charge >= 0.3 is 0 Å². The predicted octanol–water partition coefficient (Wildman–Crippen LogP) is 7.62. The molecule has 6 nitrogen and oxygen atoms in total. The first-order valence-corrected chi connectivity index (χ1v) is 13.8. The molecule has 35 heavy (non-hydrogen) atoms. The van der Waals surface area contributed by atoms with Crippen LogP contribution in [0.5, 0.6) is 5.75 Å². The Bertz CT molecular complexity index is 1170. The molecule has 0 amide bonds. The number of fused-ring (bicyclic) bond motifs is 1. The van der Waals surface area contributed by atoms with Gasteiger partial charge in [-0.15, -0.1) is 11.3 Å². The van der Waals surface area contributed by atoms with Crippen molar-refractivity contribution < 1.29 is 9.47 Å². The Hall–Kier alpha value is -2.42. The molecule has 4 rings (SSSR count). The predicted molar refractivity (Wildman–Crippen MR) is 150 cm³/mol. The Balaban J connectivity index is 0.00000167. The number of aryl methyl sites for hydroxylation is 1. The second kappa shape index (κ2) is 13.0. The van der Waals surface area contributed by atoms with Crippen molar-refractivity contribution in [2.75, 3.05) is 18.5 Å². The SMILES string of the molecule is C=C(S/C(C)=C\C)C(C)Nc1ncnc2c(OC3CCOCC3)cc(-c3ncc(C)s3)cc12.CC. The van der Waals surface area contributed by atoms with Crippen LogP contribution in [0.4, 0.5) is 5.82 Å². The molecular weight excluding hydrogens is 476 g/mol. The van der Waals surface area contributed by atoms with Crippen molar-refractivity contribution in [3.05, 3.63) is 52.0 Å². The van der Waals surface area contributed by atoms with Crippen molar-refractivity contribution in [1.82, 2.24) is 15.0 Å². The fraction of sp³-hybridized carbons (Fsp3) is 0.444. The molecule has 0 saturated carbocycles. The number of rotatable bonds is 8. The van der Waals surface area contributed by atoms with Gasteiger partial charge in [0, 0.05) is 39.8 Å². The van der Waals surface area contributed by atoms with Crippen molar-refractivity contribution in [2.24, 2.45) is 0 Å². The summed E-state index contributed by atoms with van der Waals surface area (Å²) in [6.45, 7) is 18.0. The fourth-order valence-corrected chi connectivity index (χ4v) is 5.08. The molecule has 3 aromatic rings. The zero-order valence-electron chi connectivity index (χ0n) is 21.6. The monoisotopic (exact) mass is 512 g/mol. The van der Waals surface area contributed by atoms with Crippen LogP contribution in [0.15, 0.2) is 47.1 Å². The summed E-state index contributed by atoms with van der Waals surface area (Å²) in [6, 6.07) is 4.18. The number of aromatic nitrogens is 3. The van der Waals surface area contributed by atoms with Gasteiger partial charge in [-0.3, -0.25) is 0 Å². The molecule has 1 aliphatic heterocycles. The number of hydrogen-bond acceptors (Lipinski definition) is 8. The number of ether oxygens (including phenoxy) is 2. The van der Waals surface area contributed by atoms with E-state index < -0.39 is 0 Å². The van der Waals surface area contributed by atoms with Gasteiger partial charge in [0.15, 0.2) is 0 Å². The summed E-state index contributed by atoms with van der Waals surface area (Å²) in [5, 5.41) is 5.41. The largest absolute Gasteiger partial charge is 0.488 e. The summed E-state index contributed by atoms with van der Waals surface area (Å²) >= 11 is 3.34. The summed E-state index contributed by atoms with van der Waals surface area (Å²) in [4.78, 5) is 17.2. The van der Waals surface area contributed by atoms with Crippen molar-refractivity contribution >= 4 is 39.8 Å². The average molecular weight is 513 g/mol. The summed E-state index contributed by atoms with van der Waals surface area (Å²) in [6.07, 6.45) is 7.43. The number of thioether (sulfide) groups is 1. The molecule has 2 aromatic heterocycles. The minimum absolute atomic E-state index is 0.0219. The zero-order valence-corrected chi connectivity index (χ0v) is 23.2. The smallest absolute Gasteiger partial charge is 0.146 e. The Kier molecular flexibility index (Phi) is 10.1. The lowest BCUT2D eigenvalue weighted by atomic mass is 10.1. The van der Waals surface area contributed by atoms with E-state index in [-0.39, 0.29) is 12.1 Å².